The van der Waals surface area contributed by atoms with Crippen LogP contribution in [0.5, 0.6) is 0 Å². The van der Waals surface area contributed by atoms with Gasteiger partial charge in [0.15, 0.2) is 0 Å². The van der Waals surface area contributed by atoms with Gasteiger partial charge in [-0.3, -0.25) is 9.69 Å². The molecule has 1 aliphatic rings. The zero-order chi connectivity index (χ0) is 16.6. The predicted molar refractivity (Wildman–Crippen MR) is 82.7 cm³/mol. The van der Waals surface area contributed by atoms with Gasteiger partial charge in [0.2, 0.25) is 5.91 Å². The lowest BCUT2D eigenvalue weighted by Crippen LogP contribution is -2.52. The van der Waals surface area contributed by atoms with Crippen molar-refractivity contribution in [3.8, 4) is 0 Å². The zero-order valence-electron chi connectivity index (χ0n) is 14.3. The molecule has 2 atom stereocenters. The van der Waals surface area contributed by atoms with Crippen molar-refractivity contribution in [2.24, 2.45) is 5.41 Å². The number of ether oxygens (including phenoxy) is 1. The van der Waals surface area contributed by atoms with E-state index in [1.165, 1.54) is 0 Å². The van der Waals surface area contributed by atoms with Gasteiger partial charge in [0.1, 0.15) is 17.8 Å². The van der Waals surface area contributed by atoms with Gasteiger partial charge < -0.3 is 9.64 Å². The highest BCUT2D eigenvalue weighted by Gasteiger charge is 2.51. The summed E-state index contributed by atoms with van der Waals surface area (Å²) in [6.45, 7) is 15.2. The maximum absolute atomic E-state index is 12.6. The number of nitrogens with zero attached hydrogens (tertiary/aromatic N) is 2. The summed E-state index contributed by atoms with van der Waals surface area (Å²) in [4.78, 5) is 28.2. The molecule has 1 rings (SSSR count). The fourth-order valence-corrected chi connectivity index (χ4v) is 2.74. The molecule has 0 spiro atoms. The Kier molecular flexibility index (Phi) is 4.76. The summed E-state index contributed by atoms with van der Waals surface area (Å²) in [5, 5.41) is 0. The van der Waals surface area contributed by atoms with Crippen molar-refractivity contribution in [2.45, 2.75) is 65.8 Å². The first kappa shape index (κ1) is 17.5. The summed E-state index contributed by atoms with van der Waals surface area (Å²) in [6, 6.07) is -0.536. The molecule has 0 unspecified atom stereocenters. The number of likely N-dealkylation sites (N-methyl/N-ethyl adjacent to an activating group) is 1. The fraction of sp³-hybridized carbons (Fsp3) is 0.750. The molecule has 0 aliphatic carbocycles. The minimum absolute atomic E-state index is 0.0688. The fourth-order valence-electron chi connectivity index (χ4n) is 2.74. The highest BCUT2D eigenvalue weighted by molar-refractivity contribution is 5.89. The number of rotatable bonds is 2. The van der Waals surface area contributed by atoms with Crippen LogP contribution in [0.25, 0.3) is 0 Å². The third-order valence-corrected chi connectivity index (χ3v) is 3.37. The van der Waals surface area contributed by atoms with Crippen LogP contribution in [-0.4, -0.2) is 46.7 Å². The van der Waals surface area contributed by atoms with Gasteiger partial charge in [-0.15, -0.1) is 6.58 Å². The molecule has 1 saturated heterocycles. The molecular weight excluding hydrogens is 268 g/mol. The van der Waals surface area contributed by atoms with Gasteiger partial charge in [0.05, 0.1) is 0 Å². The lowest BCUT2D eigenvalue weighted by molar-refractivity contribution is -0.129. The number of carbonyl (C=O) groups is 2. The molecule has 0 aromatic heterocycles. The Balaban J connectivity index is 3.20. The van der Waals surface area contributed by atoms with E-state index < -0.39 is 17.7 Å². The molecule has 1 fully saturated rings. The van der Waals surface area contributed by atoms with Gasteiger partial charge in [-0.2, -0.15) is 0 Å². The Morgan fingerprint density at radius 1 is 1.29 bits per heavy atom. The molecule has 21 heavy (non-hydrogen) atoms. The predicted octanol–water partition coefficient (Wildman–Crippen LogP) is 3.01. The van der Waals surface area contributed by atoms with Gasteiger partial charge in [-0.05, 0) is 27.2 Å². The molecule has 0 bridgehead atoms. The van der Waals surface area contributed by atoms with Crippen molar-refractivity contribution in [3.63, 3.8) is 0 Å². The lowest BCUT2D eigenvalue weighted by atomic mass is 9.91. The third-order valence-electron chi connectivity index (χ3n) is 3.37. The van der Waals surface area contributed by atoms with Crippen molar-refractivity contribution < 1.29 is 14.3 Å². The minimum atomic E-state index is -0.595. The molecule has 1 heterocycles. The summed E-state index contributed by atoms with van der Waals surface area (Å²) in [6.07, 6.45) is 1.31. The molecule has 5 heteroatoms. The van der Waals surface area contributed by atoms with E-state index in [-0.39, 0.29) is 17.5 Å². The van der Waals surface area contributed by atoms with Crippen LogP contribution in [0.2, 0.25) is 0 Å². The number of carbonyl (C=O) groups excluding carboxylic acids is 2. The zero-order valence-corrected chi connectivity index (χ0v) is 14.3. The highest BCUT2D eigenvalue weighted by atomic mass is 16.6. The monoisotopic (exact) mass is 296 g/mol. The average molecular weight is 296 g/mol. The Morgan fingerprint density at radius 2 is 1.81 bits per heavy atom. The summed E-state index contributed by atoms with van der Waals surface area (Å²) in [7, 11) is 1.73. The van der Waals surface area contributed by atoms with E-state index in [1.54, 1.807) is 22.9 Å². The molecule has 120 valence electrons. The number of hydrogen-bond donors (Lipinski definition) is 0. The van der Waals surface area contributed by atoms with Crippen LogP contribution in [0.15, 0.2) is 12.7 Å². The van der Waals surface area contributed by atoms with Crippen LogP contribution in [0.3, 0.4) is 0 Å². The Bertz CT molecular complexity index is 432. The second kappa shape index (κ2) is 5.70. The van der Waals surface area contributed by atoms with Gasteiger partial charge >= 0.3 is 6.09 Å². The highest BCUT2D eigenvalue weighted by Crippen LogP contribution is 2.36. The SMILES string of the molecule is C=CC[C@H]1C(=O)N(C)[C@H](C(C)(C)C)N1C(=O)OC(C)(C)C. The second-order valence-corrected chi connectivity index (χ2v) is 7.62. The van der Waals surface area contributed by atoms with Crippen LogP contribution in [0.4, 0.5) is 4.79 Å². The van der Waals surface area contributed by atoms with Crippen molar-refractivity contribution in [1.29, 1.82) is 0 Å². The molecule has 0 radical (unpaired) electrons. The summed E-state index contributed by atoms with van der Waals surface area (Å²) >= 11 is 0. The van der Waals surface area contributed by atoms with E-state index in [9.17, 15) is 9.59 Å². The first-order valence-corrected chi connectivity index (χ1v) is 7.29. The second-order valence-electron chi connectivity index (χ2n) is 7.62. The molecule has 0 aromatic rings. The van der Waals surface area contributed by atoms with Gasteiger partial charge in [0, 0.05) is 12.5 Å². The minimum Gasteiger partial charge on any atom is -0.444 e. The molecule has 5 nitrogen and oxygen atoms in total. The molecular formula is C16H28N2O3. The normalized spacial score (nSPS) is 23.5. The molecule has 2 amide bonds. The Labute approximate surface area is 127 Å². The van der Waals surface area contributed by atoms with Crippen LogP contribution in [0, 0.1) is 5.41 Å². The van der Waals surface area contributed by atoms with Crippen molar-refractivity contribution in [3.05, 3.63) is 12.7 Å². The quantitative estimate of drug-likeness (QED) is 0.736. The Hall–Kier alpha value is -1.52. The van der Waals surface area contributed by atoms with Crippen LogP contribution >= 0.6 is 0 Å². The standard InChI is InChI=1S/C16H28N2O3/c1-9-10-11-12(19)17(8)13(15(2,3)4)18(11)14(20)21-16(5,6)7/h9,11,13H,1,10H2,2-8H3/t11-,13-/m0/s1. The molecule has 0 aromatic carbocycles. The van der Waals surface area contributed by atoms with Gasteiger partial charge in [-0.25, -0.2) is 4.79 Å². The van der Waals surface area contributed by atoms with E-state index in [1.807, 2.05) is 41.5 Å². The molecule has 0 N–H and O–H groups in total. The maximum Gasteiger partial charge on any atom is 0.412 e. The van der Waals surface area contributed by atoms with E-state index in [4.69, 9.17) is 4.74 Å². The lowest BCUT2D eigenvalue weighted by Gasteiger charge is -2.39. The smallest absolute Gasteiger partial charge is 0.412 e. The molecule has 1 aliphatic heterocycles. The number of hydrogen-bond acceptors (Lipinski definition) is 3. The first-order chi connectivity index (χ1) is 9.40. The van der Waals surface area contributed by atoms with Gasteiger partial charge in [-0.1, -0.05) is 26.8 Å². The van der Waals surface area contributed by atoms with Crippen molar-refractivity contribution >= 4 is 12.0 Å². The topological polar surface area (TPSA) is 49.9 Å². The van der Waals surface area contributed by atoms with Crippen molar-refractivity contribution in [2.75, 3.05) is 7.05 Å². The average Bonchev–Trinajstić information content (AvgIpc) is 2.51. The molecule has 0 saturated carbocycles. The van der Waals surface area contributed by atoms with E-state index in [0.717, 1.165) is 0 Å². The third kappa shape index (κ3) is 3.77. The van der Waals surface area contributed by atoms with Crippen LogP contribution < -0.4 is 0 Å². The maximum atomic E-state index is 12.6. The Morgan fingerprint density at radius 3 is 2.19 bits per heavy atom. The largest absolute Gasteiger partial charge is 0.444 e. The summed E-state index contributed by atoms with van der Waals surface area (Å²) in [5.74, 6) is -0.0688. The summed E-state index contributed by atoms with van der Waals surface area (Å²) < 4.78 is 5.49. The van der Waals surface area contributed by atoms with E-state index in [2.05, 4.69) is 6.58 Å². The van der Waals surface area contributed by atoms with Crippen molar-refractivity contribution in [1.82, 2.24) is 9.80 Å². The van der Waals surface area contributed by atoms with E-state index >= 15 is 0 Å². The van der Waals surface area contributed by atoms with Crippen LogP contribution in [0.1, 0.15) is 48.0 Å². The van der Waals surface area contributed by atoms with Gasteiger partial charge in [0.25, 0.3) is 0 Å². The number of amides is 2. The van der Waals surface area contributed by atoms with Crippen LogP contribution in [-0.2, 0) is 9.53 Å². The first-order valence-electron chi connectivity index (χ1n) is 7.29. The van der Waals surface area contributed by atoms with E-state index in [0.29, 0.717) is 6.42 Å². The summed E-state index contributed by atoms with van der Waals surface area (Å²) in [5.41, 5.74) is -0.861.